The van der Waals surface area contributed by atoms with Crippen LogP contribution in [0.3, 0.4) is 0 Å². The number of halogens is 1. The van der Waals surface area contributed by atoms with Crippen LogP contribution in [0, 0.1) is 5.82 Å². The fourth-order valence-corrected chi connectivity index (χ4v) is 5.57. The number of nitrogens with zero attached hydrogens (tertiary/aromatic N) is 3. The Morgan fingerprint density at radius 1 is 1.31 bits per heavy atom. The third kappa shape index (κ3) is 3.97. The monoisotopic (exact) mass is 431 g/mol. The SMILES string of the molecule is CC[S+]([O-])c1ccccc1C(=O)N1CCN(c2nc3ccc(F)cc3s2)C[C@@H]1C. The summed E-state index contributed by atoms with van der Waals surface area (Å²) in [7, 11) is 0. The zero-order chi connectivity index (χ0) is 20.5. The first-order valence-corrected chi connectivity index (χ1v) is 11.7. The van der Waals surface area contributed by atoms with Gasteiger partial charge in [-0.3, -0.25) is 4.79 Å². The summed E-state index contributed by atoms with van der Waals surface area (Å²) in [6.07, 6.45) is 0. The molecule has 0 saturated carbocycles. The lowest BCUT2D eigenvalue weighted by atomic mass is 10.1. The first kappa shape index (κ1) is 20.1. The second-order valence-electron chi connectivity index (χ2n) is 7.03. The fraction of sp³-hybridized carbons (Fsp3) is 0.333. The maximum atomic E-state index is 13.5. The molecule has 1 aromatic heterocycles. The molecule has 1 aliphatic rings. The highest BCUT2D eigenvalue weighted by atomic mass is 32.2. The van der Waals surface area contributed by atoms with Crippen LogP contribution >= 0.6 is 11.3 Å². The van der Waals surface area contributed by atoms with E-state index < -0.39 is 11.2 Å². The summed E-state index contributed by atoms with van der Waals surface area (Å²) >= 11 is 0.284. The van der Waals surface area contributed by atoms with Crippen LogP contribution in [0.15, 0.2) is 47.4 Å². The number of aromatic nitrogens is 1. The van der Waals surface area contributed by atoms with E-state index in [1.54, 1.807) is 18.2 Å². The first-order chi connectivity index (χ1) is 14.0. The Kier molecular flexibility index (Phi) is 5.76. The normalized spacial score (nSPS) is 18.3. The maximum absolute atomic E-state index is 13.5. The van der Waals surface area contributed by atoms with Crippen LogP contribution in [0.1, 0.15) is 24.2 Å². The number of anilines is 1. The van der Waals surface area contributed by atoms with Gasteiger partial charge in [-0.2, -0.15) is 0 Å². The van der Waals surface area contributed by atoms with Crippen molar-refractivity contribution >= 4 is 43.8 Å². The lowest BCUT2D eigenvalue weighted by molar-refractivity contribution is 0.0670. The number of amides is 1. The van der Waals surface area contributed by atoms with Gasteiger partial charge in [0.1, 0.15) is 11.6 Å². The quantitative estimate of drug-likeness (QED) is 0.588. The highest BCUT2D eigenvalue weighted by Gasteiger charge is 2.32. The van der Waals surface area contributed by atoms with Crippen LogP contribution in [-0.2, 0) is 11.2 Å². The van der Waals surface area contributed by atoms with Crippen molar-refractivity contribution in [1.29, 1.82) is 0 Å². The molecule has 5 nitrogen and oxygen atoms in total. The maximum Gasteiger partial charge on any atom is 0.259 e. The molecule has 2 heterocycles. The molecule has 2 aromatic carbocycles. The topological polar surface area (TPSA) is 59.5 Å². The first-order valence-electron chi connectivity index (χ1n) is 9.57. The molecule has 2 atom stereocenters. The van der Waals surface area contributed by atoms with Gasteiger partial charge in [0.15, 0.2) is 10.0 Å². The molecule has 1 aliphatic heterocycles. The predicted octanol–water partition coefficient (Wildman–Crippen LogP) is 3.91. The molecule has 0 aliphatic carbocycles. The average Bonchev–Trinajstić information content (AvgIpc) is 3.15. The number of rotatable bonds is 4. The van der Waals surface area contributed by atoms with Gasteiger partial charge in [0.25, 0.3) is 5.91 Å². The van der Waals surface area contributed by atoms with Crippen molar-refractivity contribution in [2.75, 3.05) is 30.3 Å². The van der Waals surface area contributed by atoms with Gasteiger partial charge in [-0.15, -0.1) is 0 Å². The van der Waals surface area contributed by atoms with Crippen LogP contribution in [-0.4, -0.2) is 51.8 Å². The van der Waals surface area contributed by atoms with E-state index in [0.29, 0.717) is 35.8 Å². The van der Waals surface area contributed by atoms with E-state index in [9.17, 15) is 13.7 Å². The summed E-state index contributed by atoms with van der Waals surface area (Å²) in [5, 5.41) is 0.844. The number of carbonyl (C=O) groups excluding carboxylic acids is 1. The van der Waals surface area contributed by atoms with Gasteiger partial charge in [-0.25, -0.2) is 9.37 Å². The average molecular weight is 432 g/mol. The molecule has 1 unspecified atom stereocenters. The van der Waals surface area contributed by atoms with Crippen molar-refractivity contribution < 1.29 is 13.7 Å². The molecule has 0 radical (unpaired) electrons. The molecular formula is C21H22FN3O2S2. The van der Waals surface area contributed by atoms with Gasteiger partial charge in [0, 0.05) is 25.7 Å². The molecule has 1 saturated heterocycles. The minimum atomic E-state index is -1.18. The van der Waals surface area contributed by atoms with E-state index in [1.165, 1.54) is 23.5 Å². The molecular weight excluding hydrogens is 409 g/mol. The molecule has 4 rings (SSSR count). The molecule has 1 fully saturated rings. The Bertz CT molecular complexity index is 1040. The number of thiazole rings is 1. The van der Waals surface area contributed by atoms with E-state index in [1.807, 2.05) is 30.9 Å². The minimum absolute atomic E-state index is 0.0249. The lowest BCUT2D eigenvalue weighted by Crippen LogP contribution is -2.54. The highest BCUT2D eigenvalue weighted by molar-refractivity contribution is 7.91. The molecule has 0 N–H and O–H groups in total. The number of benzene rings is 2. The summed E-state index contributed by atoms with van der Waals surface area (Å²) in [5.41, 5.74) is 1.30. The van der Waals surface area contributed by atoms with Crippen LogP contribution < -0.4 is 4.90 Å². The highest BCUT2D eigenvalue weighted by Crippen LogP contribution is 2.31. The van der Waals surface area contributed by atoms with E-state index in [-0.39, 0.29) is 17.8 Å². The van der Waals surface area contributed by atoms with Gasteiger partial charge in [-0.1, -0.05) is 23.5 Å². The van der Waals surface area contributed by atoms with E-state index in [4.69, 9.17) is 0 Å². The van der Waals surface area contributed by atoms with Gasteiger partial charge in [0.2, 0.25) is 0 Å². The zero-order valence-corrected chi connectivity index (χ0v) is 17.9. The second kappa shape index (κ2) is 8.30. The smallest absolute Gasteiger partial charge is 0.259 e. The number of fused-ring (bicyclic) bond motifs is 1. The van der Waals surface area contributed by atoms with Gasteiger partial charge in [0.05, 0.1) is 15.8 Å². The van der Waals surface area contributed by atoms with Crippen molar-refractivity contribution in [3.8, 4) is 0 Å². The summed E-state index contributed by atoms with van der Waals surface area (Å²) in [6, 6.07) is 11.7. The summed E-state index contributed by atoms with van der Waals surface area (Å²) in [5.74, 6) is 0.131. The third-order valence-corrected chi connectivity index (χ3v) is 7.57. The van der Waals surface area contributed by atoms with E-state index in [2.05, 4.69) is 9.88 Å². The van der Waals surface area contributed by atoms with Crippen LogP contribution in [0.4, 0.5) is 9.52 Å². The Morgan fingerprint density at radius 3 is 2.86 bits per heavy atom. The van der Waals surface area contributed by atoms with Gasteiger partial charge >= 0.3 is 0 Å². The summed E-state index contributed by atoms with van der Waals surface area (Å²) < 4.78 is 26.6. The van der Waals surface area contributed by atoms with Gasteiger partial charge in [-0.05, 0) is 55.4 Å². The molecule has 152 valence electrons. The molecule has 29 heavy (non-hydrogen) atoms. The number of carbonyl (C=O) groups is 1. The van der Waals surface area contributed by atoms with E-state index in [0.717, 1.165) is 15.3 Å². The van der Waals surface area contributed by atoms with Crippen molar-refractivity contribution in [1.82, 2.24) is 9.88 Å². The second-order valence-corrected chi connectivity index (χ2v) is 9.75. The Hall–Kier alpha value is -2.16. The van der Waals surface area contributed by atoms with Crippen molar-refractivity contribution in [3.63, 3.8) is 0 Å². The Labute approximate surface area is 176 Å². The zero-order valence-electron chi connectivity index (χ0n) is 16.3. The minimum Gasteiger partial charge on any atom is -0.611 e. The number of hydrogen-bond donors (Lipinski definition) is 0. The van der Waals surface area contributed by atoms with E-state index >= 15 is 0 Å². The molecule has 1 amide bonds. The summed E-state index contributed by atoms with van der Waals surface area (Å²) in [4.78, 5) is 22.4. The Balaban J connectivity index is 1.52. The van der Waals surface area contributed by atoms with Crippen LogP contribution in [0.5, 0.6) is 0 Å². The van der Waals surface area contributed by atoms with Crippen molar-refractivity contribution in [2.45, 2.75) is 24.8 Å². The van der Waals surface area contributed by atoms with Crippen LogP contribution in [0.25, 0.3) is 10.2 Å². The molecule has 8 heteroatoms. The van der Waals surface area contributed by atoms with Crippen molar-refractivity contribution in [2.24, 2.45) is 0 Å². The molecule has 3 aromatic rings. The fourth-order valence-electron chi connectivity index (χ4n) is 3.61. The standard InChI is InChI=1S/C21H22FN3O2S2/c1-3-29(27)19-7-5-4-6-16(19)20(26)25-11-10-24(13-14(25)2)21-23-17-9-8-15(22)12-18(17)28-21/h4-9,12,14H,3,10-11,13H2,1-2H3/t14-,29?/m0/s1. The largest absolute Gasteiger partial charge is 0.611 e. The van der Waals surface area contributed by atoms with Gasteiger partial charge < -0.3 is 14.4 Å². The number of piperazine rings is 1. The third-order valence-electron chi connectivity index (χ3n) is 5.12. The van der Waals surface area contributed by atoms with Crippen molar-refractivity contribution in [3.05, 3.63) is 53.8 Å². The Morgan fingerprint density at radius 2 is 2.10 bits per heavy atom. The molecule has 0 bridgehead atoms. The van der Waals surface area contributed by atoms with Crippen LogP contribution in [0.2, 0.25) is 0 Å². The number of hydrogen-bond acceptors (Lipinski definition) is 5. The molecule has 0 spiro atoms. The predicted molar refractivity (Wildman–Crippen MR) is 116 cm³/mol. The summed E-state index contributed by atoms with van der Waals surface area (Å²) in [6.45, 7) is 5.71. The lowest BCUT2D eigenvalue weighted by Gasteiger charge is -2.40.